The monoisotopic (exact) mass is 378 g/mol. The number of nitrogens with zero attached hydrogens (tertiary/aromatic N) is 3. The number of anilines is 2. The second-order valence-electron chi connectivity index (χ2n) is 5.86. The molecule has 1 heterocycles. The molecule has 0 bridgehead atoms. The van der Waals surface area contributed by atoms with Gasteiger partial charge in [0.25, 0.3) is 5.69 Å². The summed E-state index contributed by atoms with van der Waals surface area (Å²) in [5.74, 6) is -0.000841. The summed E-state index contributed by atoms with van der Waals surface area (Å²) in [4.78, 5) is 30.0. The molecule has 1 aromatic heterocycles. The molecule has 0 aliphatic carbocycles. The van der Waals surface area contributed by atoms with Crippen molar-refractivity contribution in [2.24, 2.45) is 5.73 Å². The molecule has 0 saturated carbocycles. The van der Waals surface area contributed by atoms with Crippen LogP contribution < -0.4 is 16.4 Å². The van der Waals surface area contributed by atoms with E-state index in [1.54, 1.807) is 48.7 Å². The van der Waals surface area contributed by atoms with Crippen LogP contribution in [0.25, 0.3) is 11.3 Å². The van der Waals surface area contributed by atoms with Gasteiger partial charge in [-0.05, 0) is 30.3 Å². The highest BCUT2D eigenvalue weighted by atomic mass is 16.6. The fourth-order valence-electron chi connectivity index (χ4n) is 2.49. The molecule has 1 amide bonds. The molecule has 3 aromatic rings. The Kier molecular flexibility index (Phi) is 5.75. The predicted molar refractivity (Wildman–Crippen MR) is 106 cm³/mol. The molecule has 9 heteroatoms. The maximum Gasteiger partial charge on any atom is 0.269 e. The molecule has 0 radical (unpaired) electrons. The summed E-state index contributed by atoms with van der Waals surface area (Å²) in [7, 11) is 0. The highest BCUT2D eigenvalue weighted by molar-refractivity contribution is 5.93. The second kappa shape index (κ2) is 8.58. The summed E-state index contributed by atoms with van der Waals surface area (Å²) in [6.07, 6.45) is 1.65. The maximum atomic E-state index is 11.1. The number of non-ortho nitro benzene ring substituents is 1. The topological polar surface area (TPSA) is 136 Å². The largest absolute Gasteiger partial charge is 0.383 e. The van der Waals surface area contributed by atoms with Gasteiger partial charge in [0.2, 0.25) is 11.9 Å². The van der Waals surface area contributed by atoms with Crippen LogP contribution in [0.3, 0.4) is 0 Å². The third kappa shape index (κ3) is 4.79. The molecule has 3 rings (SSSR count). The number of rotatable bonds is 8. The van der Waals surface area contributed by atoms with Crippen LogP contribution in [0.15, 0.2) is 60.8 Å². The normalized spacial score (nSPS) is 10.3. The first kappa shape index (κ1) is 18.8. The Labute approximate surface area is 160 Å². The van der Waals surface area contributed by atoms with E-state index in [1.807, 2.05) is 0 Å². The van der Waals surface area contributed by atoms with E-state index in [0.29, 0.717) is 24.6 Å². The molecule has 4 N–H and O–H groups in total. The summed E-state index contributed by atoms with van der Waals surface area (Å²) in [5.41, 5.74) is 8.09. The summed E-state index contributed by atoms with van der Waals surface area (Å²) in [5, 5.41) is 16.9. The van der Waals surface area contributed by atoms with Crippen molar-refractivity contribution in [1.29, 1.82) is 0 Å². The molecular formula is C19H18N6O3. The maximum absolute atomic E-state index is 11.1. The highest BCUT2D eigenvalue weighted by Gasteiger charge is 2.05. The van der Waals surface area contributed by atoms with E-state index in [-0.39, 0.29) is 5.69 Å². The molecule has 0 atom stereocenters. The first-order valence-corrected chi connectivity index (χ1v) is 8.48. The van der Waals surface area contributed by atoms with Crippen LogP contribution in [0.2, 0.25) is 0 Å². The Morgan fingerprint density at radius 3 is 2.32 bits per heavy atom. The lowest BCUT2D eigenvalue weighted by Gasteiger charge is -2.09. The van der Waals surface area contributed by atoms with Crippen molar-refractivity contribution < 1.29 is 9.72 Å². The Hall–Kier alpha value is -4.01. The Morgan fingerprint density at radius 2 is 1.68 bits per heavy atom. The summed E-state index contributed by atoms with van der Waals surface area (Å²) in [6, 6.07) is 14.9. The van der Waals surface area contributed by atoms with Gasteiger partial charge in [-0.3, -0.25) is 14.9 Å². The molecule has 0 aliphatic heterocycles. The number of carbonyl (C=O) groups excluding carboxylic acids is 1. The van der Waals surface area contributed by atoms with Crippen LogP contribution in [0.5, 0.6) is 0 Å². The van der Waals surface area contributed by atoms with Crippen molar-refractivity contribution in [3.8, 4) is 11.3 Å². The van der Waals surface area contributed by atoms with Gasteiger partial charge in [0.15, 0.2) is 0 Å². The van der Waals surface area contributed by atoms with Crippen LogP contribution in [0.1, 0.15) is 10.4 Å². The van der Waals surface area contributed by atoms with E-state index in [1.165, 1.54) is 12.1 Å². The first-order chi connectivity index (χ1) is 13.5. The number of benzene rings is 2. The fourth-order valence-corrected chi connectivity index (χ4v) is 2.49. The van der Waals surface area contributed by atoms with E-state index in [4.69, 9.17) is 5.73 Å². The van der Waals surface area contributed by atoms with Gasteiger partial charge in [0, 0.05) is 48.2 Å². The number of nitrogens with two attached hydrogens (primary N) is 1. The van der Waals surface area contributed by atoms with Gasteiger partial charge >= 0.3 is 0 Å². The average Bonchev–Trinajstić information content (AvgIpc) is 2.72. The van der Waals surface area contributed by atoms with Crippen LogP contribution in [-0.2, 0) is 0 Å². The Balaban J connectivity index is 1.54. The van der Waals surface area contributed by atoms with Crippen molar-refractivity contribution >= 4 is 23.2 Å². The van der Waals surface area contributed by atoms with E-state index in [2.05, 4.69) is 20.6 Å². The second-order valence-corrected chi connectivity index (χ2v) is 5.86. The number of hydrogen-bond acceptors (Lipinski definition) is 7. The number of primary amides is 1. The zero-order valence-corrected chi connectivity index (χ0v) is 14.8. The van der Waals surface area contributed by atoms with Gasteiger partial charge in [0.1, 0.15) is 0 Å². The third-order valence-electron chi connectivity index (χ3n) is 3.94. The van der Waals surface area contributed by atoms with E-state index in [9.17, 15) is 14.9 Å². The smallest absolute Gasteiger partial charge is 0.269 e. The first-order valence-electron chi connectivity index (χ1n) is 8.48. The van der Waals surface area contributed by atoms with E-state index >= 15 is 0 Å². The molecule has 142 valence electrons. The summed E-state index contributed by atoms with van der Waals surface area (Å²) >= 11 is 0. The van der Waals surface area contributed by atoms with Crippen molar-refractivity contribution in [2.45, 2.75) is 0 Å². The van der Waals surface area contributed by atoms with Crippen molar-refractivity contribution in [3.63, 3.8) is 0 Å². The fraction of sp³-hybridized carbons (Fsp3) is 0.105. The van der Waals surface area contributed by atoms with Gasteiger partial charge in [-0.15, -0.1) is 0 Å². The van der Waals surface area contributed by atoms with Crippen LogP contribution >= 0.6 is 0 Å². The highest BCUT2D eigenvalue weighted by Crippen LogP contribution is 2.18. The van der Waals surface area contributed by atoms with Gasteiger partial charge in [-0.2, -0.15) is 0 Å². The SMILES string of the molecule is NC(=O)c1ccc(-c2ccnc(NCCNc3ccc([N+](=O)[O-])cc3)n2)cc1. The number of carbonyl (C=O) groups is 1. The Bertz CT molecular complexity index is 974. The van der Waals surface area contributed by atoms with Crippen LogP contribution in [-0.4, -0.2) is 33.9 Å². The molecule has 9 nitrogen and oxygen atoms in total. The lowest BCUT2D eigenvalue weighted by Crippen LogP contribution is -2.15. The summed E-state index contributed by atoms with van der Waals surface area (Å²) < 4.78 is 0. The van der Waals surface area contributed by atoms with Gasteiger partial charge in [-0.25, -0.2) is 9.97 Å². The predicted octanol–water partition coefficient (Wildman–Crippen LogP) is 2.67. The molecular weight excluding hydrogens is 360 g/mol. The molecule has 0 aliphatic rings. The number of amides is 1. The van der Waals surface area contributed by atoms with Gasteiger partial charge in [-0.1, -0.05) is 12.1 Å². The number of nitrogens with one attached hydrogen (secondary N) is 2. The van der Waals surface area contributed by atoms with E-state index in [0.717, 1.165) is 16.9 Å². The Morgan fingerprint density at radius 1 is 1.00 bits per heavy atom. The minimum absolute atomic E-state index is 0.0535. The molecule has 0 fully saturated rings. The quantitative estimate of drug-likeness (QED) is 0.311. The van der Waals surface area contributed by atoms with Crippen molar-refractivity contribution in [3.05, 3.63) is 76.5 Å². The minimum atomic E-state index is -0.475. The number of nitro benzene ring substituents is 1. The summed E-state index contributed by atoms with van der Waals surface area (Å²) in [6.45, 7) is 1.14. The van der Waals surface area contributed by atoms with Gasteiger partial charge in [0.05, 0.1) is 10.6 Å². The van der Waals surface area contributed by atoms with Crippen molar-refractivity contribution in [2.75, 3.05) is 23.7 Å². The number of aromatic nitrogens is 2. The van der Waals surface area contributed by atoms with Crippen LogP contribution in [0.4, 0.5) is 17.3 Å². The lowest BCUT2D eigenvalue weighted by molar-refractivity contribution is -0.384. The zero-order valence-electron chi connectivity index (χ0n) is 14.8. The van der Waals surface area contributed by atoms with Crippen LogP contribution in [0, 0.1) is 10.1 Å². The minimum Gasteiger partial charge on any atom is -0.383 e. The zero-order chi connectivity index (χ0) is 19.9. The molecule has 0 spiro atoms. The number of nitro groups is 1. The third-order valence-corrected chi connectivity index (χ3v) is 3.94. The molecule has 28 heavy (non-hydrogen) atoms. The van der Waals surface area contributed by atoms with Gasteiger partial charge < -0.3 is 16.4 Å². The lowest BCUT2D eigenvalue weighted by atomic mass is 10.1. The molecule has 2 aromatic carbocycles. The molecule has 0 saturated heterocycles. The standard InChI is InChI=1S/C19H18N6O3/c20-18(26)14-3-1-13(2-4-14)17-9-10-22-19(24-17)23-12-11-21-15-5-7-16(8-6-15)25(27)28/h1-10,21H,11-12H2,(H2,20,26)(H,22,23,24). The number of hydrogen-bond donors (Lipinski definition) is 3. The van der Waals surface area contributed by atoms with Crippen molar-refractivity contribution in [1.82, 2.24) is 9.97 Å². The average molecular weight is 378 g/mol. The van der Waals surface area contributed by atoms with E-state index < -0.39 is 10.8 Å². The molecule has 0 unspecified atom stereocenters.